The molecule has 1 atom stereocenters. The Morgan fingerprint density at radius 2 is 1.95 bits per heavy atom. The van der Waals surface area contributed by atoms with E-state index in [1.807, 2.05) is 11.0 Å². The van der Waals surface area contributed by atoms with E-state index in [9.17, 15) is 9.18 Å². The molecule has 1 saturated heterocycles. The van der Waals surface area contributed by atoms with E-state index in [0.717, 1.165) is 31.5 Å². The number of hydrogen-bond acceptors (Lipinski definition) is 3. The van der Waals surface area contributed by atoms with Crippen LogP contribution in [0.25, 0.3) is 0 Å². The highest BCUT2D eigenvalue weighted by atomic mass is 79.9. The van der Waals surface area contributed by atoms with Gasteiger partial charge in [-0.1, -0.05) is 6.07 Å². The number of piperazine rings is 1. The Hall–Kier alpha value is -0.980. The van der Waals surface area contributed by atoms with Crippen LogP contribution in [0.4, 0.5) is 4.39 Å². The smallest absolute Gasteiger partial charge is 0.240 e. The minimum Gasteiger partial charge on any atom is -0.339 e. The van der Waals surface area contributed by atoms with Crippen LogP contribution in [-0.2, 0) is 10.2 Å². The largest absolute Gasteiger partial charge is 0.339 e. The monoisotopic (exact) mass is 369 g/mol. The zero-order valence-corrected chi connectivity index (χ0v) is 14.3. The number of rotatable bonds is 3. The summed E-state index contributed by atoms with van der Waals surface area (Å²) in [6, 6.07) is 4.49. The number of likely N-dealkylation sites (N-methyl/N-ethyl adjacent to an activating group) is 1. The van der Waals surface area contributed by atoms with Gasteiger partial charge in [0.2, 0.25) is 5.91 Å². The Labute approximate surface area is 138 Å². The van der Waals surface area contributed by atoms with E-state index in [-0.39, 0.29) is 17.1 Å². The Kier molecular flexibility index (Phi) is 4.27. The zero-order chi connectivity index (χ0) is 15.9. The first-order chi connectivity index (χ1) is 10.4. The maximum absolute atomic E-state index is 13.8. The second-order valence-electron chi connectivity index (χ2n) is 6.39. The molecule has 2 N–H and O–H groups in total. The van der Waals surface area contributed by atoms with E-state index in [1.54, 1.807) is 6.07 Å². The molecule has 1 aliphatic carbocycles. The standard InChI is InChI=1S/C16H21BrFN3O/c1-20-6-8-21(9-7-20)15(22)14(19)16(4-5-16)11-2-3-12(17)13(18)10-11/h2-3,10,14H,4-9,19H2,1H3/t14-/m0/s1. The van der Waals surface area contributed by atoms with Crippen molar-refractivity contribution in [3.63, 3.8) is 0 Å². The number of benzene rings is 1. The third-order valence-electron chi connectivity index (χ3n) is 4.96. The number of amides is 1. The lowest BCUT2D eigenvalue weighted by atomic mass is 9.87. The van der Waals surface area contributed by atoms with Crippen LogP contribution in [0.3, 0.4) is 0 Å². The first kappa shape index (κ1) is 15.9. The molecule has 1 aromatic rings. The highest BCUT2D eigenvalue weighted by Crippen LogP contribution is 2.51. The summed E-state index contributed by atoms with van der Waals surface area (Å²) in [6.45, 7) is 3.18. The van der Waals surface area contributed by atoms with Crippen molar-refractivity contribution in [1.29, 1.82) is 0 Å². The molecule has 0 unspecified atom stereocenters. The predicted molar refractivity (Wildman–Crippen MR) is 87.1 cm³/mol. The van der Waals surface area contributed by atoms with Crippen LogP contribution in [0.15, 0.2) is 22.7 Å². The topological polar surface area (TPSA) is 49.6 Å². The predicted octanol–water partition coefficient (Wildman–Crippen LogP) is 1.72. The van der Waals surface area contributed by atoms with E-state index >= 15 is 0 Å². The van der Waals surface area contributed by atoms with Gasteiger partial charge in [0.25, 0.3) is 0 Å². The summed E-state index contributed by atoms with van der Waals surface area (Å²) >= 11 is 3.16. The fourth-order valence-electron chi connectivity index (χ4n) is 3.18. The van der Waals surface area contributed by atoms with Gasteiger partial charge in [0.15, 0.2) is 0 Å². The normalized spacial score (nSPS) is 22.5. The van der Waals surface area contributed by atoms with Crippen LogP contribution in [-0.4, -0.2) is 55.0 Å². The van der Waals surface area contributed by atoms with Gasteiger partial charge in [0.05, 0.1) is 10.5 Å². The number of nitrogens with two attached hydrogens (primary N) is 1. The SMILES string of the molecule is CN1CCN(C(=O)[C@H](N)C2(c3ccc(Br)c(F)c3)CC2)CC1. The van der Waals surface area contributed by atoms with Crippen LogP contribution in [0.1, 0.15) is 18.4 Å². The molecule has 2 fully saturated rings. The van der Waals surface area contributed by atoms with Gasteiger partial charge >= 0.3 is 0 Å². The molecular weight excluding hydrogens is 349 g/mol. The summed E-state index contributed by atoms with van der Waals surface area (Å²) < 4.78 is 14.2. The second kappa shape index (κ2) is 5.91. The van der Waals surface area contributed by atoms with Gasteiger partial charge in [-0.2, -0.15) is 0 Å². The van der Waals surface area contributed by atoms with E-state index in [2.05, 4.69) is 27.9 Å². The summed E-state index contributed by atoms with van der Waals surface area (Å²) in [6.07, 6.45) is 1.68. The lowest BCUT2D eigenvalue weighted by Crippen LogP contribution is -2.55. The van der Waals surface area contributed by atoms with Crippen LogP contribution in [0, 0.1) is 5.82 Å². The van der Waals surface area contributed by atoms with Gasteiger partial charge in [-0.3, -0.25) is 4.79 Å². The first-order valence-electron chi connectivity index (χ1n) is 7.62. The van der Waals surface area contributed by atoms with Crippen molar-refractivity contribution in [2.75, 3.05) is 33.2 Å². The van der Waals surface area contributed by atoms with Gasteiger partial charge < -0.3 is 15.5 Å². The molecule has 0 aromatic heterocycles. The Morgan fingerprint density at radius 1 is 1.32 bits per heavy atom. The third-order valence-corrected chi connectivity index (χ3v) is 5.60. The van der Waals surface area contributed by atoms with Gasteiger partial charge in [0.1, 0.15) is 5.82 Å². The molecule has 1 aromatic carbocycles. The molecular formula is C16H21BrFN3O. The van der Waals surface area contributed by atoms with E-state index < -0.39 is 6.04 Å². The molecule has 1 saturated carbocycles. The second-order valence-corrected chi connectivity index (χ2v) is 7.25. The third kappa shape index (κ3) is 2.79. The molecule has 1 amide bonds. The van der Waals surface area contributed by atoms with Crippen molar-refractivity contribution in [2.45, 2.75) is 24.3 Å². The minimum absolute atomic E-state index is 0.00562. The maximum Gasteiger partial charge on any atom is 0.240 e. The van der Waals surface area contributed by atoms with Crippen LogP contribution >= 0.6 is 15.9 Å². The van der Waals surface area contributed by atoms with Crippen LogP contribution < -0.4 is 5.73 Å². The number of hydrogen-bond donors (Lipinski definition) is 1. The highest BCUT2D eigenvalue weighted by Gasteiger charge is 2.53. The average molecular weight is 370 g/mol. The Bertz CT molecular complexity index is 583. The van der Waals surface area contributed by atoms with Crippen LogP contribution in [0.5, 0.6) is 0 Å². The quantitative estimate of drug-likeness (QED) is 0.882. The number of carbonyl (C=O) groups is 1. The molecule has 0 spiro atoms. The lowest BCUT2D eigenvalue weighted by Gasteiger charge is -2.35. The maximum atomic E-state index is 13.8. The molecule has 22 heavy (non-hydrogen) atoms. The number of carbonyl (C=O) groups excluding carboxylic acids is 1. The molecule has 3 rings (SSSR count). The fourth-order valence-corrected chi connectivity index (χ4v) is 3.43. The van der Waals surface area contributed by atoms with E-state index in [0.29, 0.717) is 17.6 Å². The number of nitrogens with zero attached hydrogens (tertiary/aromatic N) is 2. The average Bonchev–Trinajstić information content (AvgIpc) is 3.31. The summed E-state index contributed by atoms with van der Waals surface area (Å²) in [4.78, 5) is 16.7. The molecule has 2 aliphatic rings. The van der Waals surface area contributed by atoms with Crippen molar-refractivity contribution in [3.05, 3.63) is 34.1 Å². The Balaban J connectivity index is 1.77. The molecule has 0 bridgehead atoms. The summed E-state index contributed by atoms with van der Waals surface area (Å²) in [5, 5.41) is 0. The summed E-state index contributed by atoms with van der Waals surface area (Å²) in [5.74, 6) is -0.308. The number of halogens is 2. The van der Waals surface area contributed by atoms with Gasteiger partial charge in [-0.05, 0) is 53.5 Å². The fraction of sp³-hybridized carbons (Fsp3) is 0.562. The van der Waals surface area contributed by atoms with Crippen molar-refractivity contribution >= 4 is 21.8 Å². The summed E-state index contributed by atoms with van der Waals surface area (Å²) in [5.41, 5.74) is 6.75. The van der Waals surface area contributed by atoms with Crippen molar-refractivity contribution < 1.29 is 9.18 Å². The molecule has 120 valence electrons. The highest BCUT2D eigenvalue weighted by molar-refractivity contribution is 9.10. The van der Waals surface area contributed by atoms with Gasteiger partial charge in [-0.25, -0.2) is 4.39 Å². The minimum atomic E-state index is -0.587. The molecule has 0 radical (unpaired) electrons. The van der Waals surface area contributed by atoms with Crippen LogP contribution in [0.2, 0.25) is 0 Å². The van der Waals surface area contributed by atoms with Crippen molar-refractivity contribution in [2.24, 2.45) is 5.73 Å². The first-order valence-corrected chi connectivity index (χ1v) is 8.42. The van der Waals surface area contributed by atoms with E-state index in [4.69, 9.17) is 5.73 Å². The summed E-state index contributed by atoms with van der Waals surface area (Å²) in [7, 11) is 2.05. The van der Waals surface area contributed by atoms with Gasteiger partial charge in [-0.15, -0.1) is 0 Å². The molecule has 4 nitrogen and oxygen atoms in total. The van der Waals surface area contributed by atoms with Gasteiger partial charge in [0, 0.05) is 31.6 Å². The lowest BCUT2D eigenvalue weighted by molar-refractivity contribution is -0.135. The zero-order valence-electron chi connectivity index (χ0n) is 12.7. The van der Waals surface area contributed by atoms with E-state index in [1.165, 1.54) is 6.07 Å². The Morgan fingerprint density at radius 3 is 2.50 bits per heavy atom. The molecule has 1 heterocycles. The molecule has 6 heteroatoms. The molecule has 1 aliphatic heterocycles. The van der Waals surface area contributed by atoms with Crippen molar-refractivity contribution in [3.8, 4) is 0 Å². The van der Waals surface area contributed by atoms with Crippen molar-refractivity contribution in [1.82, 2.24) is 9.80 Å².